The van der Waals surface area contributed by atoms with E-state index in [1.807, 2.05) is 6.07 Å². The first-order chi connectivity index (χ1) is 15.3. The number of sulfonamides is 1. The molecule has 32 heavy (non-hydrogen) atoms. The summed E-state index contributed by atoms with van der Waals surface area (Å²) in [5, 5.41) is 13.1. The van der Waals surface area contributed by atoms with Crippen LogP contribution in [0.1, 0.15) is 11.3 Å². The van der Waals surface area contributed by atoms with Gasteiger partial charge in [0.05, 0.1) is 16.3 Å². The Kier molecular flexibility index (Phi) is 5.48. The lowest BCUT2D eigenvalue weighted by molar-refractivity contribution is 0.430. The van der Waals surface area contributed by atoms with Gasteiger partial charge in [0.1, 0.15) is 11.6 Å². The molecule has 0 atom stereocenters. The highest BCUT2D eigenvalue weighted by Crippen LogP contribution is 2.19. The quantitative estimate of drug-likeness (QED) is 0.449. The van der Waals surface area contributed by atoms with Gasteiger partial charge in [-0.05, 0) is 55.5 Å². The fraction of sp³-hybridized carbons (Fsp3) is 0.0476. The Morgan fingerprint density at radius 1 is 1.09 bits per heavy atom. The summed E-state index contributed by atoms with van der Waals surface area (Å²) in [5.74, 6) is 0.00222. The second-order valence-corrected chi connectivity index (χ2v) is 8.76. The maximum absolute atomic E-state index is 12.7. The van der Waals surface area contributed by atoms with Gasteiger partial charge in [0.15, 0.2) is 4.77 Å². The number of anilines is 1. The number of aromatic nitrogens is 3. The van der Waals surface area contributed by atoms with Crippen LogP contribution in [0, 0.1) is 23.0 Å². The molecular formula is C21H15N5O4S2. The zero-order valence-electron chi connectivity index (χ0n) is 16.6. The normalized spacial score (nSPS) is 11.1. The van der Waals surface area contributed by atoms with E-state index in [1.54, 1.807) is 37.3 Å². The number of hydrogen-bond acceptors (Lipinski definition) is 7. The van der Waals surface area contributed by atoms with Crippen molar-refractivity contribution in [2.75, 3.05) is 4.72 Å². The number of nitrogens with one attached hydrogen (secondary N) is 1. The molecule has 160 valence electrons. The molecule has 9 nitrogen and oxygen atoms in total. The van der Waals surface area contributed by atoms with Gasteiger partial charge in [0.25, 0.3) is 15.6 Å². The van der Waals surface area contributed by atoms with Crippen molar-refractivity contribution in [2.45, 2.75) is 11.8 Å². The Labute approximate surface area is 187 Å². The second-order valence-electron chi connectivity index (χ2n) is 6.72. The van der Waals surface area contributed by atoms with Crippen LogP contribution in [0.15, 0.2) is 81.1 Å². The van der Waals surface area contributed by atoms with E-state index in [0.29, 0.717) is 17.1 Å². The number of nitriles is 1. The summed E-state index contributed by atoms with van der Waals surface area (Å²) in [4.78, 5) is 12.7. The minimum absolute atomic E-state index is 0.00222. The van der Waals surface area contributed by atoms with Gasteiger partial charge in [0, 0.05) is 18.0 Å². The van der Waals surface area contributed by atoms with Gasteiger partial charge >= 0.3 is 0 Å². The van der Waals surface area contributed by atoms with E-state index in [1.165, 1.54) is 45.7 Å². The first-order valence-corrected chi connectivity index (χ1v) is 11.1. The van der Waals surface area contributed by atoms with Crippen LogP contribution in [0.2, 0.25) is 0 Å². The summed E-state index contributed by atoms with van der Waals surface area (Å²) < 4.78 is 35.3. The average molecular weight is 466 g/mol. The van der Waals surface area contributed by atoms with Crippen LogP contribution in [0.25, 0.3) is 11.4 Å². The number of hydrogen-bond donors (Lipinski definition) is 1. The lowest BCUT2D eigenvalue weighted by Gasteiger charge is -2.14. The van der Waals surface area contributed by atoms with Crippen LogP contribution in [-0.4, -0.2) is 22.7 Å². The maximum Gasteiger partial charge on any atom is 0.276 e. The van der Waals surface area contributed by atoms with Crippen molar-refractivity contribution in [1.29, 1.82) is 5.26 Å². The summed E-state index contributed by atoms with van der Waals surface area (Å²) >= 11 is 5.51. The molecule has 0 unspecified atom stereocenters. The Morgan fingerprint density at radius 2 is 1.78 bits per heavy atom. The third kappa shape index (κ3) is 3.96. The van der Waals surface area contributed by atoms with Crippen LogP contribution in [0.4, 0.5) is 5.88 Å². The molecule has 4 aromatic rings. The van der Waals surface area contributed by atoms with Crippen molar-refractivity contribution in [1.82, 2.24) is 14.3 Å². The maximum atomic E-state index is 12.7. The van der Waals surface area contributed by atoms with Crippen molar-refractivity contribution in [3.05, 3.63) is 93.2 Å². The largest absolute Gasteiger partial charge is 0.338 e. The molecule has 0 saturated heterocycles. The van der Waals surface area contributed by atoms with E-state index in [0.717, 1.165) is 0 Å². The first-order valence-electron chi connectivity index (χ1n) is 9.21. The highest BCUT2D eigenvalue weighted by Gasteiger charge is 2.17. The molecule has 0 saturated carbocycles. The van der Waals surface area contributed by atoms with E-state index in [2.05, 4.69) is 9.88 Å². The Hall–Kier alpha value is -4.01. The molecule has 2 aromatic carbocycles. The summed E-state index contributed by atoms with van der Waals surface area (Å²) in [5.41, 5.74) is 0.881. The monoisotopic (exact) mass is 465 g/mol. The van der Waals surface area contributed by atoms with Gasteiger partial charge in [-0.2, -0.15) is 5.26 Å². The van der Waals surface area contributed by atoms with E-state index >= 15 is 0 Å². The van der Waals surface area contributed by atoms with E-state index < -0.39 is 15.6 Å². The molecule has 2 aromatic heterocycles. The zero-order chi connectivity index (χ0) is 22.9. The molecule has 0 spiro atoms. The minimum atomic E-state index is -3.91. The van der Waals surface area contributed by atoms with Crippen LogP contribution >= 0.6 is 12.2 Å². The number of para-hydroxylation sites is 1. The molecule has 0 aliphatic carbocycles. The van der Waals surface area contributed by atoms with E-state index in [4.69, 9.17) is 16.7 Å². The molecular weight excluding hydrogens is 450 g/mol. The predicted octanol–water partition coefficient (Wildman–Crippen LogP) is 3.33. The molecule has 0 amide bonds. The molecule has 0 bridgehead atoms. The minimum Gasteiger partial charge on any atom is -0.338 e. The summed E-state index contributed by atoms with van der Waals surface area (Å²) in [6, 6.07) is 17.9. The van der Waals surface area contributed by atoms with Gasteiger partial charge in [-0.25, -0.2) is 13.1 Å². The van der Waals surface area contributed by atoms with E-state index in [9.17, 15) is 18.5 Å². The topological polar surface area (TPSA) is 123 Å². The van der Waals surface area contributed by atoms with Crippen LogP contribution in [0.5, 0.6) is 0 Å². The Bertz CT molecular complexity index is 1560. The van der Waals surface area contributed by atoms with Gasteiger partial charge in [-0.15, -0.1) is 0 Å². The molecule has 4 rings (SSSR count). The third-order valence-corrected chi connectivity index (χ3v) is 6.25. The molecule has 0 radical (unpaired) electrons. The zero-order valence-corrected chi connectivity index (χ0v) is 18.2. The van der Waals surface area contributed by atoms with Crippen molar-refractivity contribution >= 4 is 28.1 Å². The first kappa shape index (κ1) is 21.2. The third-order valence-electron chi connectivity index (χ3n) is 4.51. The Balaban J connectivity index is 1.77. The lowest BCUT2D eigenvalue weighted by Crippen LogP contribution is -2.25. The Morgan fingerprint density at radius 3 is 2.38 bits per heavy atom. The highest BCUT2D eigenvalue weighted by atomic mass is 32.2. The molecule has 11 heteroatoms. The van der Waals surface area contributed by atoms with Crippen molar-refractivity contribution < 1.29 is 12.9 Å². The van der Waals surface area contributed by atoms with Crippen LogP contribution < -0.4 is 10.3 Å². The highest BCUT2D eigenvalue weighted by molar-refractivity contribution is 7.92. The van der Waals surface area contributed by atoms with Crippen molar-refractivity contribution in [3.63, 3.8) is 0 Å². The standard InChI is InChI=1S/C21H15N5O4S2/c1-14-11-19(30-23-14)24-32(28,29)18-9-7-16(8-10-18)25-13-15(12-22)20(27)26(21(25)31)17-5-3-2-4-6-17/h2-11,13,24H,1H3. The summed E-state index contributed by atoms with van der Waals surface area (Å²) in [7, 11) is -3.91. The van der Waals surface area contributed by atoms with Gasteiger partial charge in [0.2, 0.25) is 5.88 Å². The van der Waals surface area contributed by atoms with Crippen molar-refractivity contribution in [3.8, 4) is 17.4 Å². The molecule has 2 heterocycles. The number of benzene rings is 2. The summed E-state index contributed by atoms with van der Waals surface area (Å²) in [6.07, 6.45) is 1.34. The van der Waals surface area contributed by atoms with Crippen LogP contribution in [0.3, 0.4) is 0 Å². The molecule has 0 aliphatic rings. The van der Waals surface area contributed by atoms with Gasteiger partial charge in [-0.1, -0.05) is 23.4 Å². The fourth-order valence-corrected chi connectivity index (χ4v) is 4.33. The number of aryl methyl sites for hydroxylation is 1. The molecule has 0 aliphatic heterocycles. The molecule has 1 N–H and O–H groups in total. The number of rotatable bonds is 5. The predicted molar refractivity (Wildman–Crippen MR) is 119 cm³/mol. The SMILES string of the molecule is Cc1cc(NS(=O)(=O)c2ccc(-n3cc(C#N)c(=O)n(-c4ccccc4)c3=S)cc2)on1. The average Bonchev–Trinajstić information content (AvgIpc) is 3.18. The smallest absolute Gasteiger partial charge is 0.276 e. The molecule has 0 fully saturated rings. The van der Waals surface area contributed by atoms with Gasteiger partial charge in [-0.3, -0.25) is 13.9 Å². The fourth-order valence-electron chi connectivity index (χ4n) is 3.01. The van der Waals surface area contributed by atoms with Crippen LogP contribution in [-0.2, 0) is 10.0 Å². The van der Waals surface area contributed by atoms with E-state index in [-0.39, 0.29) is 21.1 Å². The second kappa shape index (κ2) is 8.26. The summed E-state index contributed by atoms with van der Waals surface area (Å²) in [6.45, 7) is 1.67. The lowest BCUT2D eigenvalue weighted by atomic mass is 10.2. The van der Waals surface area contributed by atoms with Gasteiger partial charge < -0.3 is 4.52 Å². The van der Waals surface area contributed by atoms with Crippen molar-refractivity contribution in [2.24, 2.45) is 0 Å². The number of nitrogens with zero attached hydrogens (tertiary/aromatic N) is 4.